The molecule has 0 saturated carbocycles. The number of para-hydroxylation sites is 2. The minimum absolute atomic E-state index is 0.124. The van der Waals surface area contributed by atoms with Gasteiger partial charge in [0.05, 0.1) is 37.6 Å². The minimum Gasteiger partial charge on any atom is -0.297 e. The Morgan fingerprint density at radius 1 is 0.800 bits per heavy atom. The van der Waals surface area contributed by atoms with E-state index in [0.29, 0.717) is 17.6 Å². The van der Waals surface area contributed by atoms with Gasteiger partial charge in [0, 0.05) is 7.05 Å². The summed E-state index contributed by atoms with van der Waals surface area (Å²) in [6.45, 7) is 0. The van der Waals surface area contributed by atoms with Crippen LogP contribution in [0.5, 0.6) is 0 Å². The number of halogens is 3. The molecular formula is C21H16F3N3O5S3. The van der Waals surface area contributed by atoms with Crippen LogP contribution in [-0.2, 0) is 33.3 Å². The number of rotatable bonds is 6. The predicted octanol–water partition coefficient (Wildman–Crippen LogP) is 4.22. The summed E-state index contributed by atoms with van der Waals surface area (Å²) in [5.74, 6) is 0. The molecular weight excluding hydrogens is 527 g/mol. The number of aromatic nitrogens is 1. The van der Waals surface area contributed by atoms with E-state index < -0.39 is 36.7 Å². The van der Waals surface area contributed by atoms with E-state index in [4.69, 9.17) is 0 Å². The fourth-order valence-corrected chi connectivity index (χ4v) is 6.19. The van der Waals surface area contributed by atoms with Gasteiger partial charge in [0.15, 0.2) is 0 Å². The van der Waals surface area contributed by atoms with Gasteiger partial charge in [0.1, 0.15) is 0 Å². The molecule has 0 saturated heterocycles. The largest absolute Gasteiger partial charge is 0.416 e. The minimum atomic E-state index is -4.63. The van der Waals surface area contributed by atoms with Crippen molar-refractivity contribution in [1.82, 2.24) is 3.96 Å². The van der Waals surface area contributed by atoms with Gasteiger partial charge in [-0.05, 0) is 66.1 Å². The van der Waals surface area contributed by atoms with Crippen molar-refractivity contribution >= 4 is 53.9 Å². The van der Waals surface area contributed by atoms with Gasteiger partial charge in [-0.2, -0.15) is 13.2 Å². The van der Waals surface area contributed by atoms with Crippen LogP contribution >= 0.6 is 11.5 Å². The summed E-state index contributed by atoms with van der Waals surface area (Å²) >= 11 is 0.921. The average Bonchev–Trinajstić information content (AvgIpc) is 3.07. The van der Waals surface area contributed by atoms with Crippen molar-refractivity contribution in [2.45, 2.75) is 16.0 Å². The zero-order valence-corrected chi connectivity index (χ0v) is 20.1. The van der Waals surface area contributed by atoms with Crippen LogP contribution in [0.2, 0.25) is 0 Å². The van der Waals surface area contributed by atoms with Crippen molar-refractivity contribution in [3.8, 4) is 0 Å². The summed E-state index contributed by atoms with van der Waals surface area (Å²) in [5, 5.41) is 0.219. The average molecular weight is 544 g/mol. The number of aryl methyl sites for hydroxylation is 1. The van der Waals surface area contributed by atoms with Crippen molar-refractivity contribution in [1.29, 1.82) is 0 Å². The van der Waals surface area contributed by atoms with E-state index in [2.05, 4.69) is 9.44 Å². The number of fused-ring (bicyclic) bond motifs is 1. The standard InChI is InChI=1S/C21H16F3N3O5S3/c1-27-19-11-10-15(12-16(19)20(28)33-27)35(31,32)26-18-5-3-2-4-17(18)25-34(29,30)14-8-6-13(7-9-14)21(22,23)24/h2-12,25-26H,1H3. The van der Waals surface area contributed by atoms with Crippen molar-refractivity contribution in [3.05, 3.63) is 81.8 Å². The quantitative estimate of drug-likeness (QED) is 0.378. The van der Waals surface area contributed by atoms with Crippen molar-refractivity contribution in [2.75, 3.05) is 9.44 Å². The van der Waals surface area contributed by atoms with Crippen molar-refractivity contribution < 1.29 is 30.0 Å². The highest BCUT2D eigenvalue weighted by Crippen LogP contribution is 2.31. The van der Waals surface area contributed by atoms with E-state index in [1.165, 1.54) is 42.5 Å². The second kappa shape index (κ2) is 8.70. The molecule has 2 N–H and O–H groups in total. The van der Waals surface area contributed by atoms with Crippen LogP contribution in [0.1, 0.15) is 5.56 Å². The first-order chi connectivity index (χ1) is 16.3. The smallest absolute Gasteiger partial charge is 0.297 e. The van der Waals surface area contributed by atoms with Gasteiger partial charge in [0.2, 0.25) is 0 Å². The molecule has 0 radical (unpaired) electrons. The van der Waals surface area contributed by atoms with Crippen LogP contribution in [0.15, 0.2) is 81.3 Å². The monoisotopic (exact) mass is 543 g/mol. The normalized spacial score (nSPS) is 12.6. The number of sulfonamides is 2. The van der Waals surface area contributed by atoms with Crippen LogP contribution in [0, 0.1) is 0 Å². The highest BCUT2D eigenvalue weighted by Gasteiger charge is 2.30. The third kappa shape index (κ3) is 5.04. The number of nitrogens with zero attached hydrogens (tertiary/aromatic N) is 1. The summed E-state index contributed by atoms with van der Waals surface area (Å²) in [6, 6.07) is 12.4. The molecule has 14 heteroatoms. The first-order valence-corrected chi connectivity index (χ1v) is 13.4. The number of hydrogen-bond acceptors (Lipinski definition) is 6. The lowest BCUT2D eigenvalue weighted by Gasteiger charge is -2.15. The Hall–Kier alpha value is -3.36. The molecule has 4 rings (SSSR count). The molecule has 0 aliphatic heterocycles. The van der Waals surface area contributed by atoms with Gasteiger partial charge in [-0.15, -0.1) is 0 Å². The number of anilines is 2. The van der Waals surface area contributed by atoms with Crippen LogP contribution in [0.4, 0.5) is 24.5 Å². The predicted molar refractivity (Wildman–Crippen MR) is 127 cm³/mol. The topological polar surface area (TPSA) is 114 Å². The van der Waals surface area contributed by atoms with Gasteiger partial charge in [-0.3, -0.25) is 18.2 Å². The highest BCUT2D eigenvalue weighted by atomic mass is 32.2. The molecule has 0 atom stereocenters. The molecule has 35 heavy (non-hydrogen) atoms. The first-order valence-electron chi connectivity index (χ1n) is 9.70. The summed E-state index contributed by atoms with van der Waals surface area (Å²) in [6.07, 6.45) is -4.63. The second-order valence-corrected chi connectivity index (χ2v) is 11.8. The molecule has 0 aliphatic carbocycles. The lowest BCUT2D eigenvalue weighted by Crippen LogP contribution is -2.18. The molecule has 0 unspecified atom stereocenters. The Morgan fingerprint density at radius 2 is 1.31 bits per heavy atom. The third-order valence-corrected chi connectivity index (χ3v) is 8.57. The van der Waals surface area contributed by atoms with Gasteiger partial charge < -0.3 is 0 Å². The molecule has 1 heterocycles. The van der Waals surface area contributed by atoms with Gasteiger partial charge in [0.25, 0.3) is 24.8 Å². The fraction of sp³-hybridized carbons (Fsp3) is 0.0952. The number of hydrogen-bond donors (Lipinski definition) is 2. The van der Waals surface area contributed by atoms with Crippen LogP contribution in [0.3, 0.4) is 0 Å². The summed E-state index contributed by atoms with van der Waals surface area (Å²) < 4.78 is 95.5. The first kappa shape index (κ1) is 24.8. The molecule has 0 bridgehead atoms. The lowest BCUT2D eigenvalue weighted by atomic mass is 10.2. The molecule has 0 amide bonds. The van der Waals surface area contributed by atoms with Crippen molar-refractivity contribution in [2.24, 2.45) is 7.05 Å². The maximum absolute atomic E-state index is 13.0. The Bertz CT molecular complexity index is 1690. The third-order valence-electron chi connectivity index (χ3n) is 4.96. The molecule has 0 fully saturated rings. The maximum Gasteiger partial charge on any atom is 0.416 e. The van der Waals surface area contributed by atoms with Crippen molar-refractivity contribution in [3.63, 3.8) is 0 Å². The van der Waals surface area contributed by atoms with Gasteiger partial charge in [-0.1, -0.05) is 12.1 Å². The van der Waals surface area contributed by atoms with Gasteiger partial charge >= 0.3 is 6.18 Å². The Kier molecular flexibility index (Phi) is 6.15. The highest BCUT2D eigenvalue weighted by molar-refractivity contribution is 7.93. The molecule has 8 nitrogen and oxygen atoms in total. The molecule has 4 aromatic rings. The number of alkyl halides is 3. The molecule has 0 aliphatic rings. The Labute approximate surface area is 201 Å². The zero-order chi connectivity index (χ0) is 25.6. The fourth-order valence-electron chi connectivity index (χ4n) is 3.23. The van der Waals surface area contributed by atoms with E-state index >= 15 is 0 Å². The second-order valence-electron chi connectivity index (χ2n) is 7.33. The van der Waals surface area contributed by atoms with E-state index in [1.54, 1.807) is 11.0 Å². The van der Waals surface area contributed by atoms with E-state index in [0.717, 1.165) is 23.7 Å². The van der Waals surface area contributed by atoms with Crippen LogP contribution in [-0.4, -0.2) is 20.8 Å². The number of nitrogens with one attached hydrogen (secondary N) is 2. The van der Waals surface area contributed by atoms with Gasteiger partial charge in [-0.25, -0.2) is 16.8 Å². The Morgan fingerprint density at radius 3 is 1.86 bits per heavy atom. The van der Waals surface area contributed by atoms with E-state index in [-0.39, 0.29) is 26.4 Å². The summed E-state index contributed by atoms with van der Waals surface area (Å²) in [7, 11) is -6.91. The molecule has 184 valence electrons. The summed E-state index contributed by atoms with van der Waals surface area (Å²) in [4.78, 5) is 11.5. The molecule has 1 aromatic heterocycles. The van der Waals surface area contributed by atoms with E-state index in [9.17, 15) is 34.8 Å². The lowest BCUT2D eigenvalue weighted by molar-refractivity contribution is -0.137. The van der Waals surface area contributed by atoms with Crippen LogP contribution in [0.25, 0.3) is 10.9 Å². The van der Waals surface area contributed by atoms with Crippen LogP contribution < -0.4 is 14.2 Å². The Balaban J connectivity index is 1.64. The van der Waals surface area contributed by atoms with E-state index in [1.807, 2.05) is 0 Å². The summed E-state index contributed by atoms with van der Waals surface area (Å²) in [5.41, 5.74) is -0.726. The molecule has 3 aromatic carbocycles. The molecule has 0 spiro atoms. The zero-order valence-electron chi connectivity index (χ0n) is 17.7. The number of benzene rings is 3. The SMILES string of the molecule is Cn1sc(=O)c2cc(S(=O)(=O)Nc3ccccc3NS(=O)(=O)c3ccc(C(F)(F)F)cc3)ccc21. The maximum atomic E-state index is 13.0.